The van der Waals surface area contributed by atoms with Gasteiger partial charge in [-0.1, -0.05) is 29.8 Å². The van der Waals surface area contributed by atoms with Gasteiger partial charge in [0.05, 0.1) is 13.7 Å². The van der Waals surface area contributed by atoms with Crippen LogP contribution < -0.4 is 14.8 Å². The fraction of sp³-hybridized carbons (Fsp3) is 0.368. The molecule has 0 aromatic heterocycles. The Morgan fingerprint density at radius 1 is 1.16 bits per heavy atom. The van der Waals surface area contributed by atoms with E-state index in [-0.39, 0.29) is 24.6 Å². The van der Waals surface area contributed by atoms with Gasteiger partial charge in [-0.15, -0.1) is 12.4 Å². The summed E-state index contributed by atoms with van der Waals surface area (Å²) in [5, 5.41) is 4.06. The van der Waals surface area contributed by atoms with Crippen LogP contribution in [0.25, 0.3) is 0 Å². The topological polar surface area (TPSA) is 39.7 Å². The first-order valence-electron chi connectivity index (χ1n) is 8.06. The van der Waals surface area contributed by atoms with Crippen molar-refractivity contribution in [2.24, 2.45) is 0 Å². The lowest BCUT2D eigenvalue weighted by atomic mass is 10.0. The van der Waals surface area contributed by atoms with Crippen LogP contribution in [0.5, 0.6) is 11.5 Å². The Morgan fingerprint density at radius 2 is 1.92 bits per heavy atom. The lowest BCUT2D eigenvalue weighted by Crippen LogP contribution is -2.43. The Bertz CT molecular complexity index is 673. The highest BCUT2D eigenvalue weighted by Gasteiger charge is 2.28. The molecule has 0 bridgehead atoms. The first kappa shape index (κ1) is 19.9. The van der Waals surface area contributed by atoms with Crippen molar-refractivity contribution < 1.29 is 14.2 Å². The van der Waals surface area contributed by atoms with Crippen LogP contribution in [0.4, 0.5) is 0 Å². The summed E-state index contributed by atoms with van der Waals surface area (Å²) in [6.07, 6.45) is -0.322. The third-order valence-electron chi connectivity index (χ3n) is 4.07. The van der Waals surface area contributed by atoms with Gasteiger partial charge in [-0.25, -0.2) is 0 Å². The zero-order valence-electron chi connectivity index (χ0n) is 14.3. The van der Waals surface area contributed by atoms with Gasteiger partial charge in [0.1, 0.15) is 6.10 Å². The molecular weight excluding hydrogens is 361 g/mol. The van der Waals surface area contributed by atoms with Gasteiger partial charge in [0.25, 0.3) is 0 Å². The molecule has 1 aliphatic rings. The molecule has 0 amide bonds. The summed E-state index contributed by atoms with van der Waals surface area (Å²) in [5.74, 6) is 1.43. The fourth-order valence-corrected chi connectivity index (χ4v) is 2.93. The maximum Gasteiger partial charge on any atom is 0.162 e. The predicted molar refractivity (Wildman–Crippen MR) is 102 cm³/mol. The molecule has 2 aromatic rings. The first-order chi connectivity index (χ1) is 11.7. The highest BCUT2D eigenvalue weighted by Crippen LogP contribution is 2.34. The quantitative estimate of drug-likeness (QED) is 0.839. The first-order valence-corrected chi connectivity index (χ1v) is 8.44. The molecule has 4 nitrogen and oxygen atoms in total. The maximum absolute atomic E-state index is 6.32. The number of ether oxygens (including phenoxy) is 3. The summed E-state index contributed by atoms with van der Waals surface area (Å²) in [5.41, 5.74) is 2.15. The van der Waals surface area contributed by atoms with E-state index in [2.05, 4.69) is 5.32 Å². The minimum Gasteiger partial charge on any atom is -0.493 e. The molecule has 1 heterocycles. The number of methoxy groups -OCH3 is 1. The number of nitrogens with one attached hydrogen (secondary N) is 1. The Morgan fingerprint density at radius 3 is 2.56 bits per heavy atom. The van der Waals surface area contributed by atoms with E-state index in [4.69, 9.17) is 25.8 Å². The van der Waals surface area contributed by atoms with Crippen molar-refractivity contribution in [3.05, 3.63) is 58.6 Å². The molecule has 3 rings (SSSR count). The Hall–Kier alpha value is -1.46. The standard InChI is InChI=1S/C19H22ClNO3.ClH/c1-13-3-8-16(17(11-13)22-2)24-19(18-12-21-9-10-23-18)14-4-6-15(20)7-5-14;/h3-8,11,18-19,21H,9-10,12H2,1-2H3;1H/t18-,19?;/m0./s1. The van der Waals surface area contributed by atoms with E-state index in [0.29, 0.717) is 17.4 Å². The fourth-order valence-electron chi connectivity index (χ4n) is 2.80. The summed E-state index contributed by atoms with van der Waals surface area (Å²) < 4.78 is 17.7. The molecule has 1 aliphatic heterocycles. The van der Waals surface area contributed by atoms with Crippen molar-refractivity contribution in [1.82, 2.24) is 5.32 Å². The van der Waals surface area contributed by atoms with Gasteiger partial charge < -0.3 is 19.5 Å². The number of hydrogen-bond donors (Lipinski definition) is 1. The smallest absolute Gasteiger partial charge is 0.162 e. The van der Waals surface area contributed by atoms with Gasteiger partial charge in [0.2, 0.25) is 0 Å². The van der Waals surface area contributed by atoms with Crippen LogP contribution in [0.15, 0.2) is 42.5 Å². The molecule has 0 aliphatic carbocycles. The second-order valence-electron chi connectivity index (χ2n) is 5.86. The van der Waals surface area contributed by atoms with E-state index in [0.717, 1.165) is 30.0 Å². The highest BCUT2D eigenvalue weighted by molar-refractivity contribution is 6.30. The average molecular weight is 384 g/mol. The Kier molecular flexibility index (Phi) is 7.38. The Labute approximate surface area is 159 Å². The van der Waals surface area contributed by atoms with E-state index < -0.39 is 0 Å². The molecule has 0 saturated carbocycles. The number of aryl methyl sites for hydroxylation is 1. The van der Waals surface area contributed by atoms with Gasteiger partial charge >= 0.3 is 0 Å². The summed E-state index contributed by atoms with van der Waals surface area (Å²) in [4.78, 5) is 0. The second-order valence-corrected chi connectivity index (χ2v) is 6.29. The number of benzene rings is 2. The number of hydrogen-bond acceptors (Lipinski definition) is 4. The molecule has 6 heteroatoms. The molecule has 0 spiro atoms. The van der Waals surface area contributed by atoms with Crippen molar-refractivity contribution >= 4 is 24.0 Å². The van der Waals surface area contributed by atoms with E-state index in [1.165, 1.54) is 0 Å². The Balaban J connectivity index is 0.00000225. The lowest BCUT2D eigenvalue weighted by molar-refractivity contribution is -0.0438. The van der Waals surface area contributed by atoms with Crippen LogP contribution in [0.2, 0.25) is 5.02 Å². The second kappa shape index (κ2) is 9.30. The molecule has 1 N–H and O–H groups in total. The van der Waals surface area contributed by atoms with E-state index in [9.17, 15) is 0 Å². The zero-order valence-corrected chi connectivity index (χ0v) is 15.9. The van der Waals surface area contributed by atoms with Crippen LogP contribution in [0.1, 0.15) is 17.2 Å². The summed E-state index contributed by atoms with van der Waals surface area (Å²) in [6.45, 7) is 4.29. The molecule has 0 radical (unpaired) electrons. The molecule has 1 unspecified atom stereocenters. The van der Waals surface area contributed by atoms with Gasteiger partial charge in [0.15, 0.2) is 17.6 Å². The lowest BCUT2D eigenvalue weighted by Gasteiger charge is -2.32. The number of rotatable bonds is 5. The third kappa shape index (κ3) is 5.02. The molecular formula is C19H23Cl2NO3. The monoisotopic (exact) mass is 383 g/mol. The van der Waals surface area contributed by atoms with Crippen LogP contribution in [0.3, 0.4) is 0 Å². The van der Waals surface area contributed by atoms with Crippen LogP contribution in [0, 0.1) is 6.92 Å². The third-order valence-corrected chi connectivity index (χ3v) is 4.32. The molecule has 136 valence electrons. The van der Waals surface area contributed by atoms with E-state index in [1.54, 1.807) is 7.11 Å². The SMILES string of the molecule is COc1cc(C)ccc1OC(c1ccc(Cl)cc1)[C@@H]1CNCCO1.Cl. The van der Waals surface area contributed by atoms with Crippen molar-refractivity contribution in [3.8, 4) is 11.5 Å². The normalized spacial score (nSPS) is 18.1. The van der Waals surface area contributed by atoms with Gasteiger partial charge in [0, 0.05) is 18.1 Å². The van der Waals surface area contributed by atoms with Crippen molar-refractivity contribution in [2.45, 2.75) is 19.1 Å². The van der Waals surface area contributed by atoms with E-state index in [1.807, 2.05) is 49.4 Å². The minimum atomic E-state index is -0.244. The van der Waals surface area contributed by atoms with Crippen molar-refractivity contribution in [3.63, 3.8) is 0 Å². The number of halogens is 2. The highest BCUT2D eigenvalue weighted by atomic mass is 35.5. The average Bonchev–Trinajstić information content (AvgIpc) is 2.62. The van der Waals surface area contributed by atoms with Crippen molar-refractivity contribution in [2.75, 3.05) is 26.8 Å². The predicted octanol–water partition coefficient (Wildman–Crippen LogP) is 4.19. The van der Waals surface area contributed by atoms with Crippen LogP contribution in [-0.2, 0) is 4.74 Å². The van der Waals surface area contributed by atoms with Gasteiger partial charge in [-0.3, -0.25) is 0 Å². The molecule has 1 saturated heterocycles. The van der Waals surface area contributed by atoms with E-state index >= 15 is 0 Å². The van der Waals surface area contributed by atoms with Crippen molar-refractivity contribution in [1.29, 1.82) is 0 Å². The molecule has 2 atom stereocenters. The van der Waals surface area contributed by atoms with Gasteiger partial charge in [-0.05, 0) is 42.3 Å². The largest absolute Gasteiger partial charge is 0.493 e. The zero-order chi connectivity index (χ0) is 16.9. The molecule has 1 fully saturated rings. The van der Waals surface area contributed by atoms with Crippen LogP contribution in [-0.4, -0.2) is 32.9 Å². The van der Waals surface area contributed by atoms with Gasteiger partial charge in [-0.2, -0.15) is 0 Å². The summed E-state index contributed by atoms with van der Waals surface area (Å²) >= 11 is 6.02. The number of morpholine rings is 1. The maximum atomic E-state index is 6.32. The summed E-state index contributed by atoms with van der Waals surface area (Å²) in [6, 6.07) is 13.6. The molecule has 2 aromatic carbocycles. The summed E-state index contributed by atoms with van der Waals surface area (Å²) in [7, 11) is 1.65. The van der Waals surface area contributed by atoms with Crippen LogP contribution >= 0.6 is 24.0 Å². The molecule has 25 heavy (non-hydrogen) atoms. The minimum absolute atomic E-state index is 0.